The van der Waals surface area contributed by atoms with Crippen molar-refractivity contribution in [1.82, 2.24) is 15.1 Å². The number of halogens is 3. The largest absolute Gasteiger partial charge is 0.478 e. The number of carboxylic acids is 1. The van der Waals surface area contributed by atoms with E-state index in [1.807, 2.05) is 31.2 Å². The molecule has 1 aliphatic rings. The molecule has 1 aliphatic heterocycles. The van der Waals surface area contributed by atoms with E-state index in [2.05, 4.69) is 10.4 Å². The molecule has 0 saturated carbocycles. The first-order chi connectivity index (χ1) is 16.0. The van der Waals surface area contributed by atoms with Crippen LogP contribution in [0.25, 0.3) is 0 Å². The predicted molar refractivity (Wildman–Crippen MR) is 119 cm³/mol. The van der Waals surface area contributed by atoms with Gasteiger partial charge in [0.2, 0.25) is 0 Å². The van der Waals surface area contributed by atoms with Crippen LogP contribution in [0.5, 0.6) is 0 Å². The molecule has 0 spiro atoms. The number of benzene rings is 2. The Morgan fingerprint density at radius 3 is 2.32 bits per heavy atom. The van der Waals surface area contributed by atoms with E-state index in [-0.39, 0.29) is 17.9 Å². The quantitative estimate of drug-likeness (QED) is 0.555. The van der Waals surface area contributed by atoms with E-state index in [0.717, 1.165) is 11.1 Å². The maximum Gasteiger partial charge on any atom is 0.436 e. The van der Waals surface area contributed by atoms with Gasteiger partial charge in [-0.25, -0.2) is 9.48 Å². The third-order valence-electron chi connectivity index (χ3n) is 5.80. The Kier molecular flexibility index (Phi) is 6.07. The number of carbonyl (C=O) groups is 2. The Labute approximate surface area is 193 Å². The number of nitrogens with zero attached hydrogens (tertiary/aromatic N) is 3. The number of nitrogens with one attached hydrogen (secondary N) is 1. The van der Waals surface area contributed by atoms with Crippen LogP contribution in [0.4, 0.5) is 19.0 Å². The molecule has 3 aromatic rings. The lowest BCUT2D eigenvalue weighted by Gasteiger charge is -2.21. The molecule has 178 valence electrons. The summed E-state index contributed by atoms with van der Waals surface area (Å²) >= 11 is 0. The zero-order valence-electron chi connectivity index (χ0n) is 18.6. The standard InChI is InChI=1S/C24H23F3N4O3/c1-14-3-5-16(6-4-14)13-30-11-12-31-22(30)19(20(29-31)24(25,26)27)21(32)28-15(2)17-7-9-18(10-8-17)23(33)34/h3-10,15H,11-13H2,1-2H3,(H,28,32)(H,33,34)/t15-/m0/s1. The van der Waals surface area contributed by atoms with Gasteiger partial charge < -0.3 is 15.3 Å². The molecule has 7 nitrogen and oxygen atoms in total. The van der Waals surface area contributed by atoms with Crippen molar-refractivity contribution in [2.24, 2.45) is 0 Å². The smallest absolute Gasteiger partial charge is 0.436 e. The van der Waals surface area contributed by atoms with E-state index >= 15 is 0 Å². The second kappa shape index (κ2) is 8.85. The highest BCUT2D eigenvalue weighted by molar-refractivity contribution is 6.01. The van der Waals surface area contributed by atoms with Crippen LogP contribution in [0.2, 0.25) is 0 Å². The van der Waals surface area contributed by atoms with Gasteiger partial charge in [-0.15, -0.1) is 0 Å². The SMILES string of the molecule is Cc1ccc(CN2CCn3nc(C(F)(F)F)c(C(=O)N[C@@H](C)c4ccc(C(=O)O)cc4)c32)cc1. The number of anilines is 1. The number of carboxylic acid groups (broad SMARTS) is 1. The van der Waals surface area contributed by atoms with Gasteiger partial charge >= 0.3 is 12.1 Å². The second-order valence-corrected chi connectivity index (χ2v) is 8.30. The first kappa shape index (κ1) is 23.3. The fourth-order valence-corrected chi connectivity index (χ4v) is 3.99. The van der Waals surface area contributed by atoms with Crippen LogP contribution < -0.4 is 10.2 Å². The fourth-order valence-electron chi connectivity index (χ4n) is 3.99. The molecule has 2 N–H and O–H groups in total. The van der Waals surface area contributed by atoms with Gasteiger partial charge in [0, 0.05) is 13.1 Å². The van der Waals surface area contributed by atoms with Crippen molar-refractivity contribution in [3.63, 3.8) is 0 Å². The summed E-state index contributed by atoms with van der Waals surface area (Å²) in [6, 6.07) is 12.8. The van der Waals surface area contributed by atoms with Gasteiger partial charge in [0.25, 0.3) is 5.91 Å². The molecule has 0 aliphatic carbocycles. The summed E-state index contributed by atoms with van der Waals surface area (Å²) in [5, 5.41) is 15.4. The molecule has 1 amide bonds. The minimum atomic E-state index is -4.80. The fraction of sp³-hybridized carbons (Fsp3) is 0.292. The van der Waals surface area contributed by atoms with Crippen LogP contribution in [0.3, 0.4) is 0 Å². The Morgan fingerprint density at radius 1 is 1.09 bits per heavy atom. The lowest BCUT2D eigenvalue weighted by Crippen LogP contribution is -2.31. The summed E-state index contributed by atoms with van der Waals surface area (Å²) in [4.78, 5) is 25.9. The third kappa shape index (κ3) is 4.61. The number of alkyl halides is 3. The van der Waals surface area contributed by atoms with E-state index in [9.17, 15) is 22.8 Å². The first-order valence-electron chi connectivity index (χ1n) is 10.7. The summed E-state index contributed by atoms with van der Waals surface area (Å²) in [5.41, 5.74) is 0.885. The molecule has 0 unspecified atom stereocenters. The molecular weight excluding hydrogens is 449 g/mol. The molecule has 2 heterocycles. The molecule has 4 rings (SSSR count). The zero-order chi connectivity index (χ0) is 24.6. The lowest BCUT2D eigenvalue weighted by atomic mass is 10.1. The van der Waals surface area contributed by atoms with E-state index in [1.165, 1.54) is 28.9 Å². The Bertz CT molecular complexity index is 1220. The number of carbonyl (C=O) groups excluding carboxylic acids is 1. The minimum Gasteiger partial charge on any atom is -0.478 e. The van der Waals surface area contributed by atoms with Gasteiger partial charge in [-0.1, -0.05) is 42.0 Å². The predicted octanol–water partition coefficient (Wildman–Crippen LogP) is 4.42. The number of rotatable bonds is 6. The van der Waals surface area contributed by atoms with Crippen LogP contribution in [-0.4, -0.2) is 33.3 Å². The summed E-state index contributed by atoms with van der Waals surface area (Å²) < 4.78 is 42.7. The maximum atomic E-state index is 13.8. The summed E-state index contributed by atoms with van der Waals surface area (Å²) in [6.45, 7) is 4.58. The van der Waals surface area contributed by atoms with Crippen LogP contribution in [0.1, 0.15) is 56.1 Å². The molecule has 2 aromatic carbocycles. The highest BCUT2D eigenvalue weighted by Crippen LogP contribution is 2.38. The van der Waals surface area contributed by atoms with Crippen LogP contribution in [0.15, 0.2) is 48.5 Å². The molecule has 0 saturated heterocycles. The third-order valence-corrected chi connectivity index (χ3v) is 5.80. The van der Waals surface area contributed by atoms with Gasteiger partial charge in [0.1, 0.15) is 11.4 Å². The van der Waals surface area contributed by atoms with E-state index in [0.29, 0.717) is 18.7 Å². The number of amides is 1. The molecular formula is C24H23F3N4O3. The van der Waals surface area contributed by atoms with Crippen molar-refractivity contribution in [3.8, 4) is 0 Å². The van der Waals surface area contributed by atoms with Gasteiger partial charge in [0.05, 0.1) is 18.2 Å². The minimum absolute atomic E-state index is 0.0721. The van der Waals surface area contributed by atoms with Gasteiger partial charge in [-0.05, 0) is 37.1 Å². The van der Waals surface area contributed by atoms with Crippen molar-refractivity contribution < 1.29 is 27.9 Å². The Morgan fingerprint density at radius 2 is 1.74 bits per heavy atom. The number of hydrogen-bond acceptors (Lipinski definition) is 4. The van der Waals surface area contributed by atoms with Gasteiger partial charge in [-0.3, -0.25) is 4.79 Å². The number of aromatic carboxylic acids is 1. The van der Waals surface area contributed by atoms with E-state index in [4.69, 9.17) is 5.11 Å². The molecule has 0 radical (unpaired) electrons. The average Bonchev–Trinajstić information content (AvgIpc) is 3.35. The normalized spacial score (nSPS) is 14.1. The van der Waals surface area contributed by atoms with Crippen molar-refractivity contribution in [3.05, 3.63) is 82.0 Å². The monoisotopic (exact) mass is 472 g/mol. The maximum absolute atomic E-state index is 13.8. The Hall–Kier alpha value is -3.82. The molecule has 34 heavy (non-hydrogen) atoms. The highest BCUT2D eigenvalue weighted by atomic mass is 19.4. The number of aryl methyl sites for hydroxylation is 1. The number of hydrogen-bond donors (Lipinski definition) is 2. The molecule has 1 atom stereocenters. The summed E-state index contributed by atoms with van der Waals surface area (Å²) in [7, 11) is 0. The highest BCUT2D eigenvalue weighted by Gasteiger charge is 2.44. The van der Waals surface area contributed by atoms with Crippen molar-refractivity contribution in [1.29, 1.82) is 0 Å². The second-order valence-electron chi connectivity index (χ2n) is 8.30. The van der Waals surface area contributed by atoms with Crippen molar-refractivity contribution >= 4 is 17.7 Å². The topological polar surface area (TPSA) is 87.5 Å². The molecule has 10 heteroatoms. The lowest BCUT2D eigenvalue weighted by molar-refractivity contribution is -0.141. The van der Waals surface area contributed by atoms with Gasteiger partial charge in [0.15, 0.2) is 5.69 Å². The van der Waals surface area contributed by atoms with Crippen LogP contribution in [0, 0.1) is 6.92 Å². The Balaban J connectivity index is 1.64. The molecule has 0 fully saturated rings. The number of fused-ring (bicyclic) bond motifs is 1. The first-order valence-corrected chi connectivity index (χ1v) is 10.7. The molecule has 0 bridgehead atoms. The van der Waals surface area contributed by atoms with Crippen LogP contribution in [-0.2, 0) is 19.3 Å². The zero-order valence-corrected chi connectivity index (χ0v) is 18.6. The van der Waals surface area contributed by atoms with Gasteiger partial charge in [-0.2, -0.15) is 18.3 Å². The summed E-state index contributed by atoms with van der Waals surface area (Å²) in [6.07, 6.45) is -4.80. The van der Waals surface area contributed by atoms with Crippen molar-refractivity contribution in [2.45, 2.75) is 39.2 Å². The molecule has 1 aromatic heterocycles. The summed E-state index contributed by atoms with van der Waals surface area (Å²) in [5.74, 6) is -1.85. The van der Waals surface area contributed by atoms with E-state index in [1.54, 1.807) is 11.8 Å². The van der Waals surface area contributed by atoms with Crippen LogP contribution >= 0.6 is 0 Å². The van der Waals surface area contributed by atoms with Crippen molar-refractivity contribution in [2.75, 3.05) is 11.4 Å². The number of aromatic nitrogens is 2. The van der Waals surface area contributed by atoms with E-state index < -0.39 is 35.4 Å². The average molecular weight is 472 g/mol.